The molecular weight excluding hydrogens is 338 g/mol. The Labute approximate surface area is 150 Å². The minimum Gasteiger partial charge on any atom is -0.744 e. The number of hydrogen-bond donors (Lipinski definition) is 3. The molecule has 25 heavy (non-hydrogen) atoms. The highest BCUT2D eigenvalue weighted by Crippen LogP contribution is 2.15. The Kier molecular flexibility index (Phi) is 8.87. The third-order valence-corrected chi connectivity index (χ3v) is 4.69. The molecule has 0 aliphatic heterocycles. The highest BCUT2D eigenvalue weighted by atomic mass is 32.2. The van der Waals surface area contributed by atoms with Gasteiger partial charge in [0, 0.05) is 0 Å². The fraction of sp³-hybridized carbons (Fsp3) is 0.278. The molecule has 0 aliphatic rings. The van der Waals surface area contributed by atoms with Gasteiger partial charge < -0.3 is 4.55 Å². The Morgan fingerprint density at radius 2 is 1.20 bits per heavy atom. The number of guanidine groups is 1. The zero-order valence-corrected chi connectivity index (χ0v) is 16.1. The second-order valence-corrected chi connectivity index (χ2v) is 7.02. The van der Waals surface area contributed by atoms with Gasteiger partial charge in [0.2, 0.25) is 0 Å². The second kappa shape index (κ2) is 9.80. The third-order valence-electron chi connectivity index (χ3n) is 3.69. The predicted molar refractivity (Wildman–Crippen MR) is 99.8 cm³/mol. The van der Waals surface area contributed by atoms with E-state index in [1.807, 2.05) is 0 Å². The van der Waals surface area contributed by atoms with E-state index in [0.29, 0.717) is 5.56 Å². The summed E-state index contributed by atoms with van der Waals surface area (Å²) >= 11 is 0. The van der Waals surface area contributed by atoms with E-state index in [-0.39, 0.29) is 10.9 Å². The Balaban J connectivity index is 0.000000383. The van der Waals surface area contributed by atoms with E-state index in [9.17, 15) is 13.0 Å². The molecule has 0 aliphatic carbocycles. The molecule has 2 aromatic carbocycles. The number of aryl methyl sites for hydroxylation is 3. The fourth-order valence-corrected chi connectivity index (χ4v) is 2.64. The molecule has 0 saturated carbocycles. The SMILES string of the molecule is Cc1ccc(C)c(C)c1C.Cc1ccccc1S(=O)(=O)[O-].NC(N)=[NH2+]. The van der Waals surface area contributed by atoms with Gasteiger partial charge in [-0.25, -0.2) is 8.42 Å². The number of nitrogens with two attached hydrogens (primary N) is 3. The van der Waals surface area contributed by atoms with Gasteiger partial charge in [0.25, 0.3) is 0 Å². The molecule has 0 heterocycles. The van der Waals surface area contributed by atoms with Crippen molar-refractivity contribution >= 4 is 16.1 Å². The van der Waals surface area contributed by atoms with Gasteiger partial charge in [-0.1, -0.05) is 30.3 Å². The molecule has 6 N–H and O–H groups in total. The van der Waals surface area contributed by atoms with Gasteiger partial charge in [-0.3, -0.25) is 16.9 Å². The molecule has 2 rings (SSSR count). The smallest absolute Gasteiger partial charge is 0.336 e. The van der Waals surface area contributed by atoms with Crippen molar-refractivity contribution in [1.29, 1.82) is 0 Å². The fourth-order valence-electron chi connectivity index (χ4n) is 1.93. The first kappa shape index (κ1) is 22.6. The third kappa shape index (κ3) is 8.32. The molecule has 0 aromatic heterocycles. The first-order chi connectivity index (χ1) is 11.4. The maximum atomic E-state index is 10.5. The Morgan fingerprint density at radius 1 is 0.840 bits per heavy atom. The van der Waals surface area contributed by atoms with Crippen molar-refractivity contribution in [2.75, 3.05) is 0 Å². The summed E-state index contributed by atoms with van der Waals surface area (Å²) in [7, 11) is -4.28. The van der Waals surface area contributed by atoms with Crippen LogP contribution in [-0.4, -0.2) is 18.9 Å². The summed E-state index contributed by atoms with van der Waals surface area (Å²) in [5.74, 6) is -0.0833. The summed E-state index contributed by atoms with van der Waals surface area (Å²) in [4.78, 5) is -0.139. The molecule has 0 unspecified atom stereocenters. The second-order valence-electron chi connectivity index (χ2n) is 5.67. The predicted octanol–water partition coefficient (Wildman–Crippen LogP) is 0.838. The molecule has 2 aromatic rings. The van der Waals surface area contributed by atoms with E-state index >= 15 is 0 Å². The van der Waals surface area contributed by atoms with Crippen molar-refractivity contribution in [3.05, 3.63) is 64.2 Å². The van der Waals surface area contributed by atoms with Crippen LogP contribution in [0.15, 0.2) is 41.3 Å². The molecule has 0 atom stereocenters. The van der Waals surface area contributed by atoms with Crippen molar-refractivity contribution in [2.45, 2.75) is 39.5 Å². The minimum absolute atomic E-state index is 0.0833. The van der Waals surface area contributed by atoms with E-state index < -0.39 is 10.1 Å². The lowest BCUT2D eigenvalue weighted by atomic mass is 10.0. The molecule has 6 nitrogen and oxygen atoms in total. The monoisotopic (exact) mass is 365 g/mol. The molecule has 0 saturated heterocycles. The Morgan fingerprint density at radius 3 is 1.48 bits per heavy atom. The van der Waals surface area contributed by atoms with Gasteiger partial charge in [0.15, 0.2) is 0 Å². The molecule has 0 spiro atoms. The maximum absolute atomic E-state index is 10.5. The van der Waals surface area contributed by atoms with Crippen LogP contribution in [0.25, 0.3) is 0 Å². The van der Waals surface area contributed by atoms with Crippen molar-refractivity contribution in [3.63, 3.8) is 0 Å². The topological polar surface area (TPSA) is 135 Å². The van der Waals surface area contributed by atoms with Gasteiger partial charge in [0.1, 0.15) is 10.1 Å². The van der Waals surface area contributed by atoms with Crippen LogP contribution in [0.2, 0.25) is 0 Å². The molecule has 0 fully saturated rings. The Hall–Kier alpha value is -2.38. The minimum atomic E-state index is -4.28. The van der Waals surface area contributed by atoms with Crippen LogP contribution in [0.1, 0.15) is 27.8 Å². The van der Waals surface area contributed by atoms with E-state index in [2.05, 4.69) is 56.7 Å². The number of benzene rings is 2. The van der Waals surface area contributed by atoms with Gasteiger partial charge in [-0.05, 0) is 68.5 Å². The summed E-state index contributed by atoms with van der Waals surface area (Å²) in [6.07, 6.45) is 0. The summed E-state index contributed by atoms with van der Waals surface area (Å²) in [5, 5.41) is 4.58. The normalized spacial score (nSPS) is 10.0. The summed E-state index contributed by atoms with van der Waals surface area (Å²) in [6, 6.07) is 10.5. The molecular formula is C18H27N3O3S. The number of rotatable bonds is 1. The van der Waals surface area contributed by atoms with Crippen molar-refractivity contribution in [2.24, 2.45) is 11.5 Å². The van der Waals surface area contributed by atoms with Gasteiger partial charge in [-0.2, -0.15) is 0 Å². The standard InChI is InChI=1S/C10H14.C7H8O3S.CH5N3/c1-7-5-6-8(2)10(4)9(7)3;1-6-4-2-3-5-7(6)11(8,9)10;2-1(3)4/h5-6H,1-4H3;2-5H,1H3,(H,8,9,10);(H5,2,3,4). The van der Waals surface area contributed by atoms with Crippen molar-refractivity contribution in [1.82, 2.24) is 0 Å². The molecule has 138 valence electrons. The lowest BCUT2D eigenvalue weighted by Crippen LogP contribution is -2.51. The lowest BCUT2D eigenvalue weighted by Gasteiger charge is -2.08. The summed E-state index contributed by atoms with van der Waals surface area (Å²) < 4.78 is 31.5. The van der Waals surface area contributed by atoms with Crippen molar-refractivity contribution < 1.29 is 18.4 Å². The number of hydrogen-bond acceptors (Lipinski definition) is 3. The van der Waals surface area contributed by atoms with Gasteiger partial charge >= 0.3 is 5.96 Å². The average Bonchev–Trinajstić information content (AvgIpc) is 2.48. The highest BCUT2D eigenvalue weighted by molar-refractivity contribution is 7.85. The van der Waals surface area contributed by atoms with E-state index in [1.54, 1.807) is 19.1 Å². The lowest BCUT2D eigenvalue weighted by molar-refractivity contribution is -0.116. The Bertz CT molecular complexity index is 800. The maximum Gasteiger partial charge on any atom is 0.336 e. The first-order valence-corrected chi connectivity index (χ1v) is 8.97. The van der Waals surface area contributed by atoms with Crippen molar-refractivity contribution in [3.8, 4) is 0 Å². The summed E-state index contributed by atoms with van der Waals surface area (Å²) in [5.41, 5.74) is 15.3. The van der Waals surface area contributed by atoms with Crippen LogP contribution in [0.5, 0.6) is 0 Å². The van der Waals surface area contributed by atoms with Crippen LogP contribution < -0.4 is 16.9 Å². The largest absolute Gasteiger partial charge is 0.744 e. The van der Waals surface area contributed by atoms with Crippen LogP contribution in [0.4, 0.5) is 0 Å². The van der Waals surface area contributed by atoms with Gasteiger partial charge in [0.05, 0.1) is 4.90 Å². The van der Waals surface area contributed by atoms with Crippen LogP contribution >= 0.6 is 0 Å². The van der Waals surface area contributed by atoms with E-state index in [4.69, 9.17) is 0 Å². The highest BCUT2D eigenvalue weighted by Gasteiger charge is 2.02. The first-order valence-electron chi connectivity index (χ1n) is 7.56. The molecule has 7 heteroatoms. The summed E-state index contributed by atoms with van der Waals surface area (Å²) in [6.45, 7) is 10.3. The van der Waals surface area contributed by atoms with Crippen LogP contribution in [-0.2, 0) is 10.1 Å². The van der Waals surface area contributed by atoms with Crippen LogP contribution in [0, 0.1) is 34.6 Å². The zero-order chi connectivity index (χ0) is 19.8. The van der Waals surface area contributed by atoms with Crippen LogP contribution in [0.3, 0.4) is 0 Å². The zero-order valence-electron chi connectivity index (χ0n) is 15.3. The molecule has 0 bridgehead atoms. The molecule has 0 radical (unpaired) electrons. The van der Waals surface area contributed by atoms with Gasteiger partial charge in [-0.15, -0.1) is 0 Å². The molecule has 0 amide bonds. The van der Waals surface area contributed by atoms with E-state index in [1.165, 1.54) is 34.4 Å². The quantitative estimate of drug-likeness (QED) is 0.391. The average molecular weight is 365 g/mol. The van der Waals surface area contributed by atoms with E-state index in [0.717, 1.165) is 0 Å².